The summed E-state index contributed by atoms with van der Waals surface area (Å²) in [6.45, 7) is 1.94. The molecule has 1 saturated carbocycles. The van der Waals surface area contributed by atoms with Gasteiger partial charge in [0.15, 0.2) is 0 Å². The van der Waals surface area contributed by atoms with E-state index in [1.807, 2.05) is 6.92 Å². The Bertz CT molecular complexity index is 641. The zero-order valence-corrected chi connectivity index (χ0v) is 21.9. The molecule has 3 aromatic carbocycles. The van der Waals surface area contributed by atoms with Gasteiger partial charge in [-0.05, 0) is 23.8 Å². The van der Waals surface area contributed by atoms with E-state index in [0.717, 1.165) is 5.75 Å². The molecule has 1 fully saturated rings. The van der Waals surface area contributed by atoms with E-state index in [1.165, 1.54) is 48.0 Å². The van der Waals surface area contributed by atoms with Crippen LogP contribution in [0.5, 0.6) is 0 Å². The van der Waals surface area contributed by atoms with Crippen LogP contribution < -0.4 is 15.9 Å². The first-order chi connectivity index (χ1) is 14.4. The minimum atomic E-state index is -0.446. The Morgan fingerprint density at radius 2 is 0.833 bits per heavy atom. The summed E-state index contributed by atoms with van der Waals surface area (Å²) in [4.78, 5) is 7.25. The van der Waals surface area contributed by atoms with Gasteiger partial charge < -0.3 is 23.1 Å². The van der Waals surface area contributed by atoms with Crippen LogP contribution in [0.4, 0.5) is 0 Å². The summed E-state index contributed by atoms with van der Waals surface area (Å²) in [6, 6.07) is 32.3. The Hall–Kier alpha value is -1.30. The molecule has 4 rings (SSSR count). The Morgan fingerprint density at radius 3 is 1.03 bits per heavy atom. The SMILES string of the molecule is C1CCCC1.CC[S-].[N-]=O.[Re].c1ccc(P(c2ccccc2)c2ccccc2)cc1. The molecule has 5 heteroatoms. The maximum absolute atomic E-state index is 7.25. The Labute approximate surface area is 202 Å². The van der Waals surface area contributed by atoms with E-state index >= 15 is 0 Å². The summed E-state index contributed by atoms with van der Waals surface area (Å²) in [5, 5.41) is 4.19. The average Bonchev–Trinajstić information content (AvgIpc) is 3.39. The topological polar surface area (TPSA) is 39.4 Å². The van der Waals surface area contributed by atoms with E-state index in [9.17, 15) is 0 Å². The Morgan fingerprint density at radius 1 is 0.633 bits per heavy atom. The zero-order valence-electron chi connectivity index (χ0n) is 17.5. The van der Waals surface area contributed by atoms with Crippen LogP contribution >= 0.6 is 7.92 Å². The summed E-state index contributed by atoms with van der Waals surface area (Å²) < 4.78 is 0. The number of nitrogens with zero attached hydrogens (tertiary/aromatic N) is 1. The molecule has 0 aliphatic heterocycles. The maximum Gasteiger partial charge on any atom is 0 e. The van der Waals surface area contributed by atoms with Crippen molar-refractivity contribution in [3.63, 3.8) is 0 Å². The van der Waals surface area contributed by atoms with Crippen molar-refractivity contribution in [3.8, 4) is 0 Å². The predicted octanol–water partition coefficient (Wildman–Crippen LogP) is 6.27. The van der Waals surface area contributed by atoms with Gasteiger partial charge in [0.25, 0.3) is 0 Å². The van der Waals surface area contributed by atoms with Crippen molar-refractivity contribution in [2.75, 3.05) is 5.75 Å². The van der Waals surface area contributed by atoms with Gasteiger partial charge in [-0.2, -0.15) is 5.75 Å². The van der Waals surface area contributed by atoms with Gasteiger partial charge in [0, 0.05) is 20.4 Å². The molecule has 0 unspecified atom stereocenters. The summed E-state index contributed by atoms with van der Waals surface area (Å²) in [5.74, 6) is 0.833. The molecule has 1 aliphatic rings. The molecule has 0 atom stereocenters. The second-order valence-electron chi connectivity index (χ2n) is 6.40. The first-order valence-corrected chi connectivity index (χ1v) is 12.0. The average molecular weight is 610 g/mol. The minimum Gasteiger partial charge on any atom is -0.793 e. The molecule has 0 N–H and O–H groups in total. The first-order valence-electron chi connectivity index (χ1n) is 10.1. The van der Waals surface area contributed by atoms with Gasteiger partial charge in [0.05, 0.1) is 0 Å². The van der Waals surface area contributed by atoms with E-state index in [0.29, 0.717) is 0 Å². The molecule has 2 nitrogen and oxygen atoms in total. The molecule has 0 spiro atoms. The number of hydrogen-bond donors (Lipinski definition) is 0. The minimum absolute atomic E-state index is 0. The molecule has 0 heterocycles. The molecule has 1 radical (unpaired) electrons. The molecule has 3 aromatic rings. The van der Waals surface area contributed by atoms with E-state index in [1.54, 1.807) is 0 Å². The van der Waals surface area contributed by atoms with Crippen molar-refractivity contribution in [1.29, 1.82) is 0 Å². The van der Waals surface area contributed by atoms with Crippen LogP contribution in [0.15, 0.2) is 91.0 Å². The van der Waals surface area contributed by atoms with Crippen molar-refractivity contribution < 1.29 is 20.4 Å². The molecule has 0 aromatic heterocycles. The first kappa shape index (κ1) is 28.7. The third-order valence-electron chi connectivity index (χ3n) is 4.29. The van der Waals surface area contributed by atoms with Crippen LogP contribution in [-0.4, -0.2) is 5.75 Å². The number of benzene rings is 3. The molecule has 0 saturated heterocycles. The van der Waals surface area contributed by atoms with Gasteiger partial charge in [0.1, 0.15) is 0 Å². The zero-order chi connectivity index (χ0) is 21.2. The summed E-state index contributed by atoms with van der Waals surface area (Å²) in [7, 11) is -0.446. The smallest absolute Gasteiger partial charge is 0 e. The summed E-state index contributed by atoms with van der Waals surface area (Å²) >= 11 is 4.39. The number of rotatable bonds is 3. The van der Waals surface area contributed by atoms with Gasteiger partial charge >= 0.3 is 0 Å². The van der Waals surface area contributed by atoms with Crippen molar-refractivity contribution in [2.45, 2.75) is 39.0 Å². The Balaban J connectivity index is 0.000000643. The molecule has 0 amide bonds. The molecule has 30 heavy (non-hydrogen) atoms. The quantitative estimate of drug-likeness (QED) is 0.260. The fraction of sp³-hybridized carbons (Fsp3) is 0.280. The summed E-state index contributed by atoms with van der Waals surface area (Å²) in [6.07, 6.45) is 7.50. The van der Waals surface area contributed by atoms with Crippen LogP contribution in [0.3, 0.4) is 0 Å². The van der Waals surface area contributed by atoms with Crippen molar-refractivity contribution in [3.05, 3.63) is 101 Å². The second-order valence-corrected chi connectivity index (χ2v) is 9.20. The van der Waals surface area contributed by atoms with Crippen LogP contribution in [-0.2, 0) is 33.1 Å². The van der Waals surface area contributed by atoms with E-state index in [2.05, 4.69) is 104 Å². The van der Waals surface area contributed by atoms with Crippen molar-refractivity contribution in [2.24, 2.45) is 0 Å². The van der Waals surface area contributed by atoms with Gasteiger partial charge in [-0.3, -0.25) is 0 Å². The number of hydrogen-bond acceptors (Lipinski definition) is 2. The monoisotopic (exact) mass is 610 g/mol. The van der Waals surface area contributed by atoms with Gasteiger partial charge in [0.2, 0.25) is 0 Å². The van der Waals surface area contributed by atoms with Gasteiger partial charge in [-0.25, -0.2) is 0 Å². The van der Waals surface area contributed by atoms with E-state index in [-0.39, 0.29) is 20.4 Å². The van der Waals surface area contributed by atoms with E-state index in [4.69, 9.17) is 10.5 Å². The Kier molecular flexibility index (Phi) is 18.8. The molecule has 161 valence electrons. The fourth-order valence-electron chi connectivity index (χ4n) is 3.06. The number of nitroso groups, excluding NO2 is 1. The van der Waals surface area contributed by atoms with Gasteiger partial charge in [-0.1, -0.05) is 130 Å². The maximum atomic E-state index is 7.25. The molecule has 0 bridgehead atoms. The largest absolute Gasteiger partial charge is 0.793 e. The van der Waals surface area contributed by atoms with Crippen LogP contribution in [0.1, 0.15) is 39.0 Å². The molecule has 1 aliphatic carbocycles. The standard InChI is InChI=1S/C18H15P.C5H10.C2H6S.NO.Re/c1-4-10-16(11-5-1)19(17-12-6-2-7-13-17)18-14-8-3-9-15-18;1-2-4-5-3-1;1-2-3;1-2;/h1-15H;1-5H2;3H,2H2,1H3;;/q;;;-1;/p-1. The summed E-state index contributed by atoms with van der Waals surface area (Å²) in [5.41, 5.74) is 5.75. The predicted molar refractivity (Wildman–Crippen MR) is 133 cm³/mol. The van der Waals surface area contributed by atoms with Crippen LogP contribution in [0.25, 0.3) is 5.59 Å². The third kappa shape index (κ3) is 11.2. The molecular formula is C25H30NOPReS-2. The normalized spacial score (nSPS) is 11.4. The molecular weight excluding hydrogens is 580 g/mol. The second kappa shape index (κ2) is 19.7. The fourth-order valence-corrected chi connectivity index (χ4v) is 5.37. The van der Waals surface area contributed by atoms with E-state index < -0.39 is 7.92 Å². The van der Waals surface area contributed by atoms with Crippen molar-refractivity contribution in [1.82, 2.24) is 0 Å². The van der Waals surface area contributed by atoms with Crippen molar-refractivity contribution >= 4 is 36.5 Å². The van der Waals surface area contributed by atoms with Crippen LogP contribution in [0.2, 0.25) is 0 Å². The van der Waals surface area contributed by atoms with Crippen LogP contribution in [0, 0.1) is 4.91 Å². The van der Waals surface area contributed by atoms with Gasteiger partial charge in [-0.15, -0.1) is 0 Å². The third-order valence-corrected chi connectivity index (χ3v) is 6.74.